The van der Waals surface area contributed by atoms with Crippen LogP contribution in [0, 0.1) is 6.92 Å². The van der Waals surface area contributed by atoms with Gasteiger partial charge in [-0.1, -0.05) is 37.9 Å². The van der Waals surface area contributed by atoms with Crippen molar-refractivity contribution in [1.29, 1.82) is 0 Å². The molecule has 1 aromatic carbocycles. The molecule has 0 radical (unpaired) electrons. The smallest absolute Gasteiger partial charge is 0.120 e. The van der Waals surface area contributed by atoms with Gasteiger partial charge in [-0.25, -0.2) is 0 Å². The van der Waals surface area contributed by atoms with Gasteiger partial charge in [0.25, 0.3) is 0 Å². The van der Waals surface area contributed by atoms with Crippen LogP contribution in [0.3, 0.4) is 0 Å². The molecule has 0 aliphatic rings. The van der Waals surface area contributed by atoms with Crippen LogP contribution in [0.1, 0.15) is 28.6 Å². The third-order valence-electron chi connectivity index (χ3n) is 2.73. The van der Waals surface area contributed by atoms with Gasteiger partial charge < -0.3 is 9.15 Å². The Hall–Kier alpha value is -0.740. The fourth-order valence-electron chi connectivity index (χ4n) is 1.80. The topological polar surface area (TPSA) is 22.4 Å². The first-order valence-electron chi connectivity index (χ1n) is 5.73. The highest BCUT2D eigenvalue weighted by Gasteiger charge is 2.17. The Morgan fingerprint density at radius 3 is 2.61 bits per heavy atom. The van der Waals surface area contributed by atoms with Crippen molar-refractivity contribution in [1.82, 2.24) is 0 Å². The average Bonchev–Trinajstić information content (AvgIpc) is 2.75. The van der Waals surface area contributed by atoms with E-state index in [2.05, 4.69) is 37.9 Å². The van der Waals surface area contributed by atoms with Gasteiger partial charge in [-0.3, -0.25) is 0 Å². The fourth-order valence-corrected chi connectivity index (χ4v) is 3.56. The van der Waals surface area contributed by atoms with E-state index in [-0.39, 0.29) is 4.83 Å². The number of hydrogen-bond donors (Lipinski definition) is 0. The zero-order chi connectivity index (χ0) is 13.1. The van der Waals surface area contributed by atoms with E-state index in [0.29, 0.717) is 6.61 Å². The summed E-state index contributed by atoms with van der Waals surface area (Å²) in [5.74, 6) is 1.80. The number of furan rings is 1. The zero-order valence-corrected chi connectivity index (χ0v) is 13.4. The van der Waals surface area contributed by atoms with Gasteiger partial charge in [0.05, 0.1) is 17.7 Å². The molecule has 1 atom stereocenters. The maximum Gasteiger partial charge on any atom is 0.120 e. The normalized spacial score (nSPS) is 12.4. The van der Waals surface area contributed by atoms with Gasteiger partial charge in [-0.2, -0.15) is 0 Å². The molecule has 0 fully saturated rings. The summed E-state index contributed by atoms with van der Waals surface area (Å²) < 4.78 is 11.8. The molecule has 0 spiro atoms. The molecular weight excluding hydrogens is 360 g/mol. The van der Waals surface area contributed by atoms with Crippen molar-refractivity contribution >= 4 is 31.9 Å². The first-order valence-corrected chi connectivity index (χ1v) is 7.44. The van der Waals surface area contributed by atoms with Crippen molar-refractivity contribution in [3.8, 4) is 5.75 Å². The summed E-state index contributed by atoms with van der Waals surface area (Å²) in [6.07, 6.45) is 1.71. The maximum absolute atomic E-state index is 5.47. The number of rotatable bonds is 4. The van der Waals surface area contributed by atoms with Crippen LogP contribution < -0.4 is 4.74 Å². The predicted octanol–water partition coefficient (Wildman–Crippen LogP) is 5.23. The lowest BCUT2D eigenvalue weighted by Crippen LogP contribution is -1.96. The summed E-state index contributed by atoms with van der Waals surface area (Å²) in [6.45, 7) is 4.61. The van der Waals surface area contributed by atoms with E-state index in [1.165, 1.54) is 0 Å². The van der Waals surface area contributed by atoms with Crippen molar-refractivity contribution in [2.75, 3.05) is 6.61 Å². The Bertz CT molecular complexity index is 534. The number of hydrogen-bond acceptors (Lipinski definition) is 2. The molecule has 0 N–H and O–H groups in total. The second-order valence-corrected chi connectivity index (χ2v) is 5.68. The molecule has 4 heteroatoms. The van der Waals surface area contributed by atoms with E-state index in [0.717, 1.165) is 27.1 Å². The standard InChI is InChI=1S/C14H14Br2O2/c1-3-17-10-4-5-12(13(15)8-10)14(16)11-6-7-18-9(11)2/h4-8,14H,3H2,1-2H3. The molecule has 2 rings (SSSR count). The Balaban J connectivity index is 2.31. The highest BCUT2D eigenvalue weighted by atomic mass is 79.9. The van der Waals surface area contributed by atoms with E-state index in [1.807, 2.05) is 32.0 Å². The molecule has 0 aliphatic heterocycles. The predicted molar refractivity (Wildman–Crippen MR) is 79.5 cm³/mol. The molecular formula is C14H14Br2O2. The number of ether oxygens (including phenoxy) is 1. The van der Waals surface area contributed by atoms with Gasteiger partial charge in [-0.15, -0.1) is 0 Å². The molecule has 0 saturated heterocycles. The minimum atomic E-state index is 0.112. The molecule has 1 heterocycles. The van der Waals surface area contributed by atoms with Gasteiger partial charge in [0.2, 0.25) is 0 Å². The second-order valence-electron chi connectivity index (χ2n) is 3.91. The lowest BCUT2D eigenvalue weighted by atomic mass is 10.1. The van der Waals surface area contributed by atoms with Gasteiger partial charge in [-0.05, 0) is 37.6 Å². The van der Waals surface area contributed by atoms with Gasteiger partial charge in [0.15, 0.2) is 0 Å². The van der Waals surface area contributed by atoms with E-state index in [9.17, 15) is 0 Å². The highest BCUT2D eigenvalue weighted by molar-refractivity contribution is 9.11. The summed E-state index contributed by atoms with van der Waals surface area (Å²) in [7, 11) is 0. The van der Waals surface area contributed by atoms with Gasteiger partial charge in [0, 0.05) is 10.0 Å². The molecule has 0 saturated carbocycles. The first-order chi connectivity index (χ1) is 8.63. The maximum atomic E-state index is 5.47. The van der Waals surface area contributed by atoms with Crippen LogP contribution >= 0.6 is 31.9 Å². The number of aryl methyl sites for hydroxylation is 1. The van der Waals surface area contributed by atoms with Gasteiger partial charge >= 0.3 is 0 Å². The SMILES string of the molecule is CCOc1ccc(C(Br)c2ccoc2C)c(Br)c1. The summed E-state index contributed by atoms with van der Waals surface area (Å²) in [6, 6.07) is 8.01. The second kappa shape index (κ2) is 5.93. The minimum Gasteiger partial charge on any atom is -0.494 e. The lowest BCUT2D eigenvalue weighted by Gasteiger charge is -2.13. The summed E-state index contributed by atoms with van der Waals surface area (Å²) in [4.78, 5) is 0.112. The number of alkyl halides is 1. The molecule has 96 valence electrons. The Morgan fingerprint density at radius 1 is 1.28 bits per heavy atom. The monoisotopic (exact) mass is 372 g/mol. The van der Waals surface area contributed by atoms with Crippen LogP contribution in [0.5, 0.6) is 5.75 Å². The highest BCUT2D eigenvalue weighted by Crippen LogP contribution is 2.38. The molecule has 0 aliphatic carbocycles. The lowest BCUT2D eigenvalue weighted by molar-refractivity contribution is 0.340. The molecule has 2 nitrogen and oxygen atoms in total. The number of halogens is 2. The quantitative estimate of drug-likeness (QED) is 0.684. The Morgan fingerprint density at radius 2 is 2.06 bits per heavy atom. The molecule has 18 heavy (non-hydrogen) atoms. The van der Waals surface area contributed by atoms with Crippen LogP contribution in [-0.2, 0) is 0 Å². The minimum absolute atomic E-state index is 0.112. The van der Waals surface area contributed by atoms with Crippen LogP contribution in [0.15, 0.2) is 39.4 Å². The first kappa shape index (κ1) is 13.7. The third-order valence-corrected chi connectivity index (χ3v) is 4.40. The van der Waals surface area contributed by atoms with Crippen molar-refractivity contribution in [2.45, 2.75) is 18.7 Å². The van der Waals surface area contributed by atoms with E-state index in [4.69, 9.17) is 9.15 Å². The van der Waals surface area contributed by atoms with Crippen LogP contribution in [0.4, 0.5) is 0 Å². The van der Waals surface area contributed by atoms with Crippen LogP contribution in [0.25, 0.3) is 0 Å². The summed E-state index contributed by atoms with van der Waals surface area (Å²) >= 11 is 7.29. The fraction of sp³-hybridized carbons (Fsp3) is 0.286. The van der Waals surface area contributed by atoms with Crippen LogP contribution in [-0.4, -0.2) is 6.61 Å². The number of benzene rings is 1. The van der Waals surface area contributed by atoms with E-state index >= 15 is 0 Å². The van der Waals surface area contributed by atoms with E-state index in [1.54, 1.807) is 6.26 Å². The Kier molecular flexibility index (Phi) is 4.51. The van der Waals surface area contributed by atoms with E-state index < -0.39 is 0 Å². The average molecular weight is 374 g/mol. The molecule has 0 amide bonds. The third kappa shape index (κ3) is 2.81. The molecule has 0 bridgehead atoms. The van der Waals surface area contributed by atoms with Crippen molar-refractivity contribution < 1.29 is 9.15 Å². The van der Waals surface area contributed by atoms with Crippen molar-refractivity contribution in [3.05, 3.63) is 51.9 Å². The van der Waals surface area contributed by atoms with Gasteiger partial charge in [0.1, 0.15) is 11.5 Å². The zero-order valence-electron chi connectivity index (χ0n) is 10.2. The largest absolute Gasteiger partial charge is 0.494 e. The molecule has 2 aromatic rings. The van der Waals surface area contributed by atoms with Crippen molar-refractivity contribution in [3.63, 3.8) is 0 Å². The summed E-state index contributed by atoms with van der Waals surface area (Å²) in [5.41, 5.74) is 2.29. The van der Waals surface area contributed by atoms with Crippen LogP contribution in [0.2, 0.25) is 0 Å². The Labute approximate surface area is 124 Å². The van der Waals surface area contributed by atoms with Crippen molar-refractivity contribution in [2.24, 2.45) is 0 Å². The molecule has 1 unspecified atom stereocenters. The molecule has 1 aromatic heterocycles. The summed E-state index contributed by atoms with van der Waals surface area (Å²) in [5, 5.41) is 0.